The first kappa shape index (κ1) is 11.4. The molecule has 15 heavy (non-hydrogen) atoms. The summed E-state index contributed by atoms with van der Waals surface area (Å²) < 4.78 is 25.7. The van der Waals surface area contributed by atoms with Crippen molar-refractivity contribution in [2.24, 2.45) is 5.92 Å². The molecule has 2 saturated heterocycles. The fraction of sp³-hybridized carbons (Fsp3) is 1.00. The molecule has 2 atom stereocenters. The SMILES string of the molecule is CCCS(=O)(=O)N1CC[C@@H]2CCNC[C@@H]21. The van der Waals surface area contributed by atoms with Crippen molar-refractivity contribution in [3.63, 3.8) is 0 Å². The monoisotopic (exact) mass is 232 g/mol. The van der Waals surface area contributed by atoms with E-state index in [1.807, 2.05) is 6.92 Å². The third-order valence-electron chi connectivity index (χ3n) is 3.50. The highest BCUT2D eigenvalue weighted by Crippen LogP contribution is 2.31. The predicted octanol–water partition coefficient (Wildman–Crippen LogP) is 0.410. The average Bonchev–Trinajstić information content (AvgIpc) is 2.61. The molecule has 2 aliphatic heterocycles. The van der Waals surface area contributed by atoms with Crippen molar-refractivity contribution < 1.29 is 8.42 Å². The van der Waals surface area contributed by atoms with E-state index in [0.717, 1.165) is 32.5 Å². The zero-order valence-electron chi connectivity index (χ0n) is 9.28. The lowest BCUT2D eigenvalue weighted by molar-refractivity contribution is 0.275. The smallest absolute Gasteiger partial charge is 0.214 e. The minimum atomic E-state index is -2.99. The summed E-state index contributed by atoms with van der Waals surface area (Å²) in [5.74, 6) is 0.897. The lowest BCUT2D eigenvalue weighted by Gasteiger charge is -2.31. The van der Waals surface area contributed by atoms with E-state index in [2.05, 4.69) is 5.32 Å². The van der Waals surface area contributed by atoms with E-state index < -0.39 is 10.0 Å². The number of hydrogen-bond acceptors (Lipinski definition) is 3. The number of hydrogen-bond donors (Lipinski definition) is 1. The standard InChI is InChI=1S/C10H20N2O2S/c1-2-7-15(13,14)12-6-4-9-3-5-11-8-10(9)12/h9-11H,2-8H2,1H3/t9-,10-/m0/s1. The molecule has 0 aromatic rings. The molecule has 2 rings (SSSR count). The first-order valence-electron chi connectivity index (χ1n) is 5.85. The van der Waals surface area contributed by atoms with Crippen molar-refractivity contribution >= 4 is 10.0 Å². The Morgan fingerprint density at radius 2 is 2.20 bits per heavy atom. The first-order chi connectivity index (χ1) is 7.15. The minimum Gasteiger partial charge on any atom is -0.315 e. The fourth-order valence-corrected chi connectivity index (χ4v) is 4.54. The van der Waals surface area contributed by atoms with E-state index in [0.29, 0.717) is 18.1 Å². The van der Waals surface area contributed by atoms with Gasteiger partial charge in [0.15, 0.2) is 0 Å². The van der Waals surface area contributed by atoms with Gasteiger partial charge in [0.2, 0.25) is 10.0 Å². The molecule has 0 amide bonds. The molecule has 1 N–H and O–H groups in total. The second-order valence-corrected chi connectivity index (χ2v) is 6.58. The molecule has 0 radical (unpaired) electrons. The molecule has 5 heteroatoms. The Hall–Kier alpha value is -0.130. The van der Waals surface area contributed by atoms with Crippen LogP contribution in [0.3, 0.4) is 0 Å². The first-order valence-corrected chi connectivity index (χ1v) is 7.46. The van der Waals surface area contributed by atoms with E-state index in [1.165, 1.54) is 0 Å². The fourth-order valence-electron chi connectivity index (χ4n) is 2.75. The molecule has 0 aromatic carbocycles. The van der Waals surface area contributed by atoms with Crippen LogP contribution in [0.2, 0.25) is 0 Å². The van der Waals surface area contributed by atoms with Gasteiger partial charge in [0.05, 0.1) is 5.75 Å². The number of nitrogens with zero attached hydrogens (tertiary/aromatic N) is 1. The number of fused-ring (bicyclic) bond motifs is 1. The van der Waals surface area contributed by atoms with Gasteiger partial charge in [-0.25, -0.2) is 8.42 Å². The molecular weight excluding hydrogens is 212 g/mol. The van der Waals surface area contributed by atoms with E-state index in [4.69, 9.17) is 0 Å². The Labute approximate surface area is 92.1 Å². The molecule has 0 aromatic heterocycles. The van der Waals surface area contributed by atoms with E-state index in [-0.39, 0.29) is 6.04 Å². The lowest BCUT2D eigenvalue weighted by atomic mass is 9.94. The van der Waals surface area contributed by atoms with Gasteiger partial charge in [-0.1, -0.05) is 6.92 Å². The average molecular weight is 232 g/mol. The molecule has 0 bridgehead atoms. The van der Waals surface area contributed by atoms with Crippen LogP contribution in [0.25, 0.3) is 0 Å². The van der Waals surface area contributed by atoms with Gasteiger partial charge in [0.1, 0.15) is 0 Å². The topological polar surface area (TPSA) is 49.4 Å². The van der Waals surface area contributed by atoms with Crippen LogP contribution >= 0.6 is 0 Å². The summed E-state index contributed by atoms with van der Waals surface area (Å²) in [5, 5.41) is 3.29. The summed E-state index contributed by atoms with van der Waals surface area (Å²) in [5.41, 5.74) is 0. The molecule has 4 nitrogen and oxygen atoms in total. The summed E-state index contributed by atoms with van der Waals surface area (Å²) >= 11 is 0. The molecule has 88 valence electrons. The molecular formula is C10H20N2O2S. The molecule has 0 spiro atoms. The number of rotatable bonds is 3. The van der Waals surface area contributed by atoms with Gasteiger partial charge < -0.3 is 5.32 Å². The van der Waals surface area contributed by atoms with Crippen LogP contribution in [-0.4, -0.2) is 44.2 Å². The summed E-state index contributed by atoms with van der Waals surface area (Å²) in [6, 6.07) is 0.232. The van der Waals surface area contributed by atoms with E-state index in [9.17, 15) is 8.42 Å². The van der Waals surface area contributed by atoms with Crippen LogP contribution in [0.15, 0.2) is 0 Å². The molecule has 0 saturated carbocycles. The summed E-state index contributed by atoms with van der Waals surface area (Å²) in [6.45, 7) is 4.54. The third kappa shape index (κ3) is 2.19. The van der Waals surface area contributed by atoms with Crippen molar-refractivity contribution in [3.8, 4) is 0 Å². The zero-order chi connectivity index (χ0) is 10.9. The van der Waals surface area contributed by atoms with Gasteiger partial charge in [-0.2, -0.15) is 4.31 Å². The van der Waals surface area contributed by atoms with E-state index in [1.54, 1.807) is 4.31 Å². The maximum atomic E-state index is 12.0. The number of nitrogens with one attached hydrogen (secondary N) is 1. The highest BCUT2D eigenvalue weighted by Gasteiger charge is 2.41. The van der Waals surface area contributed by atoms with Crippen LogP contribution in [0.1, 0.15) is 26.2 Å². The quantitative estimate of drug-likeness (QED) is 0.767. The lowest BCUT2D eigenvalue weighted by Crippen LogP contribution is -2.48. The highest BCUT2D eigenvalue weighted by molar-refractivity contribution is 7.89. The second kappa shape index (κ2) is 4.39. The van der Waals surface area contributed by atoms with Crippen molar-refractivity contribution in [2.45, 2.75) is 32.2 Å². The summed E-state index contributed by atoms with van der Waals surface area (Å²) in [7, 11) is -2.99. The van der Waals surface area contributed by atoms with Gasteiger partial charge in [-0.05, 0) is 31.7 Å². The predicted molar refractivity (Wildman–Crippen MR) is 60.2 cm³/mol. The Morgan fingerprint density at radius 3 is 2.93 bits per heavy atom. The largest absolute Gasteiger partial charge is 0.315 e. The maximum absolute atomic E-state index is 12.0. The molecule has 2 fully saturated rings. The molecule has 0 aliphatic carbocycles. The minimum absolute atomic E-state index is 0.232. The third-order valence-corrected chi connectivity index (χ3v) is 5.59. The molecule has 2 heterocycles. The summed E-state index contributed by atoms with van der Waals surface area (Å²) in [6.07, 6.45) is 2.89. The van der Waals surface area contributed by atoms with Crippen LogP contribution in [-0.2, 0) is 10.0 Å². The van der Waals surface area contributed by atoms with E-state index >= 15 is 0 Å². The van der Waals surface area contributed by atoms with Gasteiger partial charge >= 0.3 is 0 Å². The van der Waals surface area contributed by atoms with Crippen molar-refractivity contribution in [2.75, 3.05) is 25.4 Å². The van der Waals surface area contributed by atoms with Crippen molar-refractivity contribution in [1.82, 2.24) is 9.62 Å². The van der Waals surface area contributed by atoms with Crippen LogP contribution in [0.4, 0.5) is 0 Å². The molecule has 0 unspecified atom stereocenters. The van der Waals surface area contributed by atoms with Gasteiger partial charge in [0, 0.05) is 19.1 Å². The second-order valence-electron chi connectivity index (χ2n) is 4.54. The number of sulfonamides is 1. The maximum Gasteiger partial charge on any atom is 0.214 e. The number of piperidine rings is 1. The van der Waals surface area contributed by atoms with Gasteiger partial charge in [-0.15, -0.1) is 0 Å². The molecule has 2 aliphatic rings. The van der Waals surface area contributed by atoms with Crippen LogP contribution < -0.4 is 5.32 Å². The van der Waals surface area contributed by atoms with Gasteiger partial charge in [0.25, 0.3) is 0 Å². The summed E-state index contributed by atoms with van der Waals surface area (Å²) in [4.78, 5) is 0. The van der Waals surface area contributed by atoms with Crippen molar-refractivity contribution in [3.05, 3.63) is 0 Å². The Balaban J connectivity index is 2.10. The van der Waals surface area contributed by atoms with Crippen LogP contribution in [0.5, 0.6) is 0 Å². The Bertz CT molecular complexity index is 315. The normalized spacial score (nSPS) is 32.9. The van der Waals surface area contributed by atoms with Gasteiger partial charge in [-0.3, -0.25) is 0 Å². The Kier molecular flexibility index (Phi) is 3.33. The Morgan fingerprint density at radius 1 is 1.40 bits per heavy atom. The zero-order valence-corrected chi connectivity index (χ0v) is 10.1. The van der Waals surface area contributed by atoms with Crippen molar-refractivity contribution in [1.29, 1.82) is 0 Å². The highest BCUT2D eigenvalue weighted by atomic mass is 32.2. The van der Waals surface area contributed by atoms with Crippen LogP contribution in [0, 0.1) is 5.92 Å².